The maximum Gasteiger partial charge on any atom is 0.213 e. The van der Waals surface area contributed by atoms with Crippen molar-refractivity contribution in [2.45, 2.75) is 26.2 Å². The van der Waals surface area contributed by atoms with Crippen LogP contribution in [0.3, 0.4) is 0 Å². The van der Waals surface area contributed by atoms with E-state index in [1.54, 1.807) is 7.11 Å². The predicted octanol–water partition coefficient (Wildman–Crippen LogP) is 2.37. The Hall–Kier alpha value is -1.38. The van der Waals surface area contributed by atoms with E-state index in [0.717, 1.165) is 13.0 Å². The van der Waals surface area contributed by atoms with Crippen molar-refractivity contribution in [2.75, 3.05) is 13.7 Å². The van der Waals surface area contributed by atoms with E-state index in [4.69, 9.17) is 4.74 Å². The monoisotopic (exact) mass is 204 g/mol. The average molecular weight is 204 g/mol. The Kier molecular flexibility index (Phi) is 2.99. The molecule has 1 aliphatic heterocycles. The highest BCUT2D eigenvalue weighted by atomic mass is 16.5. The molecule has 3 heteroatoms. The maximum atomic E-state index is 5.09. The normalized spacial score (nSPS) is 16.0. The third kappa shape index (κ3) is 2.17. The summed E-state index contributed by atoms with van der Waals surface area (Å²) in [5.74, 6) is 0.674. The van der Waals surface area contributed by atoms with Crippen LogP contribution in [0.15, 0.2) is 17.3 Å². The van der Waals surface area contributed by atoms with Crippen LogP contribution in [0.4, 0.5) is 0 Å². The first-order valence-electron chi connectivity index (χ1n) is 5.35. The number of nitrogens with zero attached hydrogens (tertiary/aromatic N) is 2. The zero-order chi connectivity index (χ0) is 10.7. The number of rotatable bonds is 2. The minimum absolute atomic E-state index is 0.674. The van der Waals surface area contributed by atoms with Gasteiger partial charge in [-0.3, -0.25) is 4.99 Å². The zero-order valence-electron chi connectivity index (χ0n) is 9.29. The van der Waals surface area contributed by atoms with Crippen molar-refractivity contribution in [3.05, 3.63) is 23.4 Å². The molecule has 2 heterocycles. The molecule has 0 aliphatic carbocycles. The average Bonchev–Trinajstić information content (AvgIpc) is 2.30. The van der Waals surface area contributed by atoms with Crippen LogP contribution in [0.2, 0.25) is 0 Å². The first kappa shape index (κ1) is 10.1. The molecule has 0 saturated heterocycles. The second kappa shape index (κ2) is 4.43. The summed E-state index contributed by atoms with van der Waals surface area (Å²) >= 11 is 0. The van der Waals surface area contributed by atoms with Gasteiger partial charge < -0.3 is 4.74 Å². The van der Waals surface area contributed by atoms with Gasteiger partial charge in [0.2, 0.25) is 5.88 Å². The predicted molar refractivity (Wildman–Crippen MR) is 60.8 cm³/mol. The molecule has 2 rings (SSSR count). The van der Waals surface area contributed by atoms with Crippen LogP contribution in [0.1, 0.15) is 30.4 Å². The van der Waals surface area contributed by atoms with Crippen LogP contribution in [0, 0.1) is 6.92 Å². The molecule has 0 N–H and O–H groups in total. The van der Waals surface area contributed by atoms with Gasteiger partial charge in [-0.1, -0.05) is 0 Å². The molecule has 0 aromatic carbocycles. The highest BCUT2D eigenvalue weighted by Crippen LogP contribution is 2.18. The van der Waals surface area contributed by atoms with Crippen molar-refractivity contribution in [1.82, 2.24) is 4.98 Å². The van der Waals surface area contributed by atoms with Crippen LogP contribution in [0.25, 0.3) is 0 Å². The Morgan fingerprint density at radius 2 is 2.20 bits per heavy atom. The zero-order valence-corrected chi connectivity index (χ0v) is 9.29. The van der Waals surface area contributed by atoms with Gasteiger partial charge in [0.15, 0.2) is 0 Å². The molecule has 0 saturated carbocycles. The van der Waals surface area contributed by atoms with Crippen molar-refractivity contribution in [3.63, 3.8) is 0 Å². The smallest absolute Gasteiger partial charge is 0.213 e. The van der Waals surface area contributed by atoms with Crippen molar-refractivity contribution >= 4 is 5.71 Å². The van der Waals surface area contributed by atoms with E-state index in [1.165, 1.54) is 29.7 Å². The lowest BCUT2D eigenvalue weighted by Gasteiger charge is -2.14. The Balaban J connectivity index is 2.32. The number of hydrogen-bond donors (Lipinski definition) is 0. The molecule has 80 valence electrons. The molecule has 1 aliphatic rings. The summed E-state index contributed by atoms with van der Waals surface area (Å²) in [6.07, 6.45) is 5.41. The number of hydrogen-bond acceptors (Lipinski definition) is 3. The first-order chi connectivity index (χ1) is 7.31. The van der Waals surface area contributed by atoms with E-state index in [-0.39, 0.29) is 0 Å². The quantitative estimate of drug-likeness (QED) is 0.741. The van der Waals surface area contributed by atoms with Crippen LogP contribution in [-0.2, 0) is 0 Å². The molecule has 0 spiro atoms. The Morgan fingerprint density at radius 1 is 1.33 bits per heavy atom. The van der Waals surface area contributed by atoms with Crippen molar-refractivity contribution in [2.24, 2.45) is 4.99 Å². The molecule has 1 aromatic heterocycles. The van der Waals surface area contributed by atoms with Gasteiger partial charge in [-0.2, -0.15) is 0 Å². The van der Waals surface area contributed by atoms with Gasteiger partial charge >= 0.3 is 0 Å². The van der Waals surface area contributed by atoms with E-state index in [9.17, 15) is 0 Å². The van der Waals surface area contributed by atoms with Crippen molar-refractivity contribution in [1.29, 1.82) is 0 Å². The largest absolute Gasteiger partial charge is 0.481 e. The molecule has 0 fully saturated rings. The molecule has 0 amide bonds. The van der Waals surface area contributed by atoms with E-state index >= 15 is 0 Å². The minimum atomic E-state index is 0.674. The standard InChI is InChI=1S/C12H16N2O/c1-9-7-12(15-2)14-8-10(9)11-5-3-4-6-13-11/h7-8H,3-6H2,1-2H3. The maximum absolute atomic E-state index is 5.09. The molecule has 1 aromatic rings. The lowest BCUT2D eigenvalue weighted by Crippen LogP contribution is -2.09. The third-order valence-electron chi connectivity index (χ3n) is 2.73. The second-order valence-corrected chi connectivity index (χ2v) is 3.83. The van der Waals surface area contributed by atoms with Gasteiger partial charge in [-0.15, -0.1) is 0 Å². The summed E-state index contributed by atoms with van der Waals surface area (Å²) in [5, 5.41) is 0. The summed E-state index contributed by atoms with van der Waals surface area (Å²) in [4.78, 5) is 8.78. The molecular formula is C12H16N2O. The van der Waals surface area contributed by atoms with Crippen molar-refractivity contribution < 1.29 is 4.74 Å². The second-order valence-electron chi connectivity index (χ2n) is 3.83. The fourth-order valence-corrected chi connectivity index (χ4v) is 1.86. The SMILES string of the molecule is COc1cc(C)c(C2=NCCCC2)cn1. The number of aliphatic imine (C=N–C) groups is 1. The van der Waals surface area contributed by atoms with Gasteiger partial charge in [0.1, 0.15) is 0 Å². The fraction of sp³-hybridized carbons (Fsp3) is 0.500. The molecule has 0 radical (unpaired) electrons. The van der Waals surface area contributed by atoms with Gasteiger partial charge in [-0.05, 0) is 31.7 Å². The molecule has 0 bridgehead atoms. The van der Waals surface area contributed by atoms with Gasteiger partial charge in [0.05, 0.1) is 7.11 Å². The molecule has 15 heavy (non-hydrogen) atoms. The highest BCUT2D eigenvalue weighted by molar-refractivity contribution is 6.01. The molecular weight excluding hydrogens is 188 g/mol. The highest BCUT2D eigenvalue weighted by Gasteiger charge is 2.11. The summed E-state index contributed by atoms with van der Waals surface area (Å²) in [5.41, 5.74) is 3.58. The summed E-state index contributed by atoms with van der Waals surface area (Å²) < 4.78 is 5.09. The van der Waals surface area contributed by atoms with Gasteiger partial charge in [-0.25, -0.2) is 4.98 Å². The molecule has 3 nitrogen and oxygen atoms in total. The van der Waals surface area contributed by atoms with Crippen molar-refractivity contribution in [3.8, 4) is 5.88 Å². The summed E-state index contributed by atoms with van der Waals surface area (Å²) in [6.45, 7) is 3.04. The van der Waals surface area contributed by atoms with Crippen LogP contribution in [0.5, 0.6) is 5.88 Å². The van der Waals surface area contributed by atoms with E-state index in [1.807, 2.05) is 12.3 Å². The lowest BCUT2D eigenvalue weighted by atomic mass is 10.00. The summed E-state index contributed by atoms with van der Waals surface area (Å²) in [6, 6.07) is 1.96. The number of pyridine rings is 1. The molecule has 0 atom stereocenters. The Bertz CT molecular complexity index is 385. The van der Waals surface area contributed by atoms with Gasteiger partial charge in [0, 0.05) is 30.1 Å². The van der Waals surface area contributed by atoms with Gasteiger partial charge in [0.25, 0.3) is 0 Å². The number of aromatic nitrogens is 1. The fourth-order valence-electron chi connectivity index (χ4n) is 1.86. The minimum Gasteiger partial charge on any atom is -0.481 e. The van der Waals surface area contributed by atoms with E-state index in [0.29, 0.717) is 5.88 Å². The van der Waals surface area contributed by atoms with Crippen LogP contribution in [-0.4, -0.2) is 24.4 Å². The van der Waals surface area contributed by atoms with Crippen LogP contribution >= 0.6 is 0 Å². The third-order valence-corrected chi connectivity index (χ3v) is 2.73. The Labute approximate surface area is 90.2 Å². The number of aryl methyl sites for hydroxylation is 1. The van der Waals surface area contributed by atoms with E-state index in [2.05, 4.69) is 16.9 Å². The summed E-state index contributed by atoms with van der Waals surface area (Å²) in [7, 11) is 1.64. The number of ether oxygens (including phenoxy) is 1. The molecule has 0 unspecified atom stereocenters. The van der Waals surface area contributed by atoms with E-state index < -0.39 is 0 Å². The first-order valence-corrected chi connectivity index (χ1v) is 5.35. The lowest BCUT2D eigenvalue weighted by molar-refractivity contribution is 0.397. The topological polar surface area (TPSA) is 34.5 Å². The van der Waals surface area contributed by atoms with Crippen LogP contribution < -0.4 is 4.74 Å². The Morgan fingerprint density at radius 3 is 2.80 bits per heavy atom. The number of methoxy groups -OCH3 is 1.